The Balaban J connectivity index is 1.43. The van der Waals surface area contributed by atoms with Crippen molar-refractivity contribution < 1.29 is 14.3 Å². The molecule has 0 atom stereocenters. The molecule has 2 heterocycles. The summed E-state index contributed by atoms with van der Waals surface area (Å²) in [5.74, 6) is -1.04. The number of hydrogen-bond acceptors (Lipinski definition) is 6. The standard InChI is InChI=1S/C24H23N5O3/c1-14-15(2)26-21-12-18(10-11-20(21)25-14)24(31)32-13-22(30)27-23-16(3)28-29(17(23)4)19-8-6-5-7-9-19/h5-12H,13H2,1-4H3,(H,27,30). The first-order valence-corrected chi connectivity index (χ1v) is 10.2. The van der Waals surface area contributed by atoms with Gasteiger partial charge in [-0.15, -0.1) is 0 Å². The van der Waals surface area contributed by atoms with E-state index in [-0.39, 0.29) is 0 Å². The number of benzene rings is 2. The van der Waals surface area contributed by atoms with Gasteiger partial charge in [-0.25, -0.2) is 19.4 Å². The minimum atomic E-state index is -0.601. The quantitative estimate of drug-likeness (QED) is 0.484. The molecule has 0 spiro atoms. The number of para-hydroxylation sites is 1. The number of aromatic nitrogens is 4. The van der Waals surface area contributed by atoms with Crippen LogP contribution in [-0.4, -0.2) is 38.2 Å². The van der Waals surface area contributed by atoms with Gasteiger partial charge >= 0.3 is 5.97 Å². The average Bonchev–Trinajstić information content (AvgIpc) is 3.07. The van der Waals surface area contributed by atoms with E-state index in [9.17, 15) is 9.59 Å². The predicted octanol–water partition coefficient (Wildman–Crippen LogP) is 3.84. The molecule has 4 aromatic rings. The van der Waals surface area contributed by atoms with E-state index < -0.39 is 18.5 Å². The number of nitrogens with one attached hydrogen (secondary N) is 1. The van der Waals surface area contributed by atoms with E-state index in [1.165, 1.54) is 0 Å². The van der Waals surface area contributed by atoms with Crippen molar-refractivity contribution in [3.8, 4) is 5.69 Å². The van der Waals surface area contributed by atoms with Gasteiger partial charge in [-0.05, 0) is 58.0 Å². The van der Waals surface area contributed by atoms with Crippen molar-refractivity contribution in [1.29, 1.82) is 0 Å². The molecule has 0 unspecified atom stereocenters. The van der Waals surface area contributed by atoms with Crippen molar-refractivity contribution in [3.05, 3.63) is 76.9 Å². The Labute approximate surface area is 185 Å². The van der Waals surface area contributed by atoms with E-state index in [2.05, 4.69) is 20.4 Å². The van der Waals surface area contributed by atoms with E-state index in [4.69, 9.17) is 4.74 Å². The number of aryl methyl sites for hydroxylation is 3. The zero-order valence-electron chi connectivity index (χ0n) is 18.3. The molecule has 0 aliphatic rings. The molecule has 8 heteroatoms. The normalized spacial score (nSPS) is 10.9. The fraction of sp³-hybridized carbons (Fsp3) is 0.208. The van der Waals surface area contributed by atoms with Crippen LogP contribution >= 0.6 is 0 Å². The number of nitrogens with zero attached hydrogens (tertiary/aromatic N) is 4. The number of hydrogen-bond donors (Lipinski definition) is 1. The number of carbonyl (C=O) groups excluding carboxylic acids is 2. The molecule has 2 aromatic heterocycles. The van der Waals surface area contributed by atoms with Crippen molar-refractivity contribution in [2.24, 2.45) is 0 Å². The fourth-order valence-corrected chi connectivity index (χ4v) is 3.39. The van der Waals surface area contributed by atoms with Crippen molar-refractivity contribution >= 4 is 28.6 Å². The van der Waals surface area contributed by atoms with Crippen molar-refractivity contribution in [2.45, 2.75) is 27.7 Å². The average molecular weight is 429 g/mol. The maximum atomic E-state index is 12.5. The van der Waals surface area contributed by atoms with Gasteiger partial charge in [0.2, 0.25) is 0 Å². The number of rotatable bonds is 5. The number of esters is 1. The van der Waals surface area contributed by atoms with Crippen LogP contribution in [0.2, 0.25) is 0 Å². The molecular weight excluding hydrogens is 406 g/mol. The van der Waals surface area contributed by atoms with Crippen molar-refractivity contribution in [3.63, 3.8) is 0 Å². The van der Waals surface area contributed by atoms with Crippen LogP contribution < -0.4 is 5.32 Å². The summed E-state index contributed by atoms with van der Waals surface area (Å²) in [6.45, 7) is 7.02. The SMILES string of the molecule is Cc1nc2ccc(C(=O)OCC(=O)Nc3c(C)nn(-c4ccccc4)c3C)cc2nc1C. The second-order valence-electron chi connectivity index (χ2n) is 7.52. The van der Waals surface area contributed by atoms with Gasteiger partial charge < -0.3 is 10.1 Å². The van der Waals surface area contributed by atoms with Gasteiger partial charge in [-0.1, -0.05) is 18.2 Å². The lowest BCUT2D eigenvalue weighted by Gasteiger charge is -2.08. The summed E-state index contributed by atoms with van der Waals surface area (Å²) in [6.07, 6.45) is 0. The molecule has 32 heavy (non-hydrogen) atoms. The summed E-state index contributed by atoms with van der Waals surface area (Å²) in [5.41, 5.74) is 6.20. The molecule has 4 rings (SSSR count). The van der Waals surface area contributed by atoms with E-state index >= 15 is 0 Å². The first-order valence-electron chi connectivity index (χ1n) is 10.2. The lowest BCUT2D eigenvalue weighted by Crippen LogP contribution is -2.21. The predicted molar refractivity (Wildman–Crippen MR) is 121 cm³/mol. The number of carbonyl (C=O) groups is 2. The molecule has 1 N–H and O–H groups in total. The van der Waals surface area contributed by atoms with Crippen LogP contribution in [0.4, 0.5) is 5.69 Å². The second kappa shape index (κ2) is 8.58. The molecule has 2 aromatic carbocycles. The highest BCUT2D eigenvalue weighted by atomic mass is 16.5. The third-order valence-electron chi connectivity index (χ3n) is 5.20. The maximum absolute atomic E-state index is 12.5. The molecule has 162 valence electrons. The zero-order chi connectivity index (χ0) is 22.8. The topological polar surface area (TPSA) is 99.0 Å². The fourth-order valence-electron chi connectivity index (χ4n) is 3.39. The van der Waals surface area contributed by atoms with Crippen molar-refractivity contribution in [2.75, 3.05) is 11.9 Å². The Morgan fingerprint density at radius 3 is 2.31 bits per heavy atom. The molecule has 0 aliphatic heterocycles. The molecule has 8 nitrogen and oxygen atoms in total. The highest BCUT2D eigenvalue weighted by Gasteiger charge is 2.17. The zero-order valence-corrected chi connectivity index (χ0v) is 18.3. The molecule has 0 saturated heterocycles. The first kappa shape index (κ1) is 21.2. The second-order valence-corrected chi connectivity index (χ2v) is 7.52. The number of ether oxygens (including phenoxy) is 1. The smallest absolute Gasteiger partial charge is 0.338 e. The van der Waals surface area contributed by atoms with E-state index in [0.717, 1.165) is 22.8 Å². The van der Waals surface area contributed by atoms with Gasteiger partial charge in [0.05, 0.1) is 50.7 Å². The van der Waals surface area contributed by atoms with Crippen LogP contribution in [0.15, 0.2) is 48.5 Å². The summed E-state index contributed by atoms with van der Waals surface area (Å²) in [7, 11) is 0. The summed E-state index contributed by atoms with van der Waals surface area (Å²) in [4.78, 5) is 33.8. The molecule has 0 bridgehead atoms. The highest BCUT2D eigenvalue weighted by molar-refractivity contribution is 5.97. The van der Waals surface area contributed by atoms with Crippen molar-refractivity contribution in [1.82, 2.24) is 19.7 Å². The molecule has 0 fully saturated rings. The monoisotopic (exact) mass is 429 g/mol. The number of fused-ring (bicyclic) bond motifs is 1. The van der Waals surface area contributed by atoms with Crippen LogP contribution in [0.25, 0.3) is 16.7 Å². The van der Waals surface area contributed by atoms with Crippen LogP contribution in [0, 0.1) is 27.7 Å². The van der Waals surface area contributed by atoms with Crippen LogP contribution in [-0.2, 0) is 9.53 Å². The third-order valence-corrected chi connectivity index (χ3v) is 5.20. The van der Waals surface area contributed by atoms with Gasteiger partial charge in [-0.3, -0.25) is 4.79 Å². The largest absolute Gasteiger partial charge is 0.452 e. The Morgan fingerprint density at radius 2 is 1.59 bits per heavy atom. The van der Waals surface area contributed by atoms with E-state index in [1.54, 1.807) is 22.9 Å². The van der Waals surface area contributed by atoms with Gasteiger partial charge in [0.1, 0.15) is 0 Å². The summed E-state index contributed by atoms with van der Waals surface area (Å²) >= 11 is 0. The summed E-state index contributed by atoms with van der Waals surface area (Å²) < 4.78 is 6.97. The van der Waals surface area contributed by atoms with Gasteiger partial charge in [-0.2, -0.15) is 5.10 Å². The van der Waals surface area contributed by atoms with Crippen LogP contribution in [0.5, 0.6) is 0 Å². The summed E-state index contributed by atoms with van der Waals surface area (Å²) in [5, 5.41) is 7.30. The van der Waals surface area contributed by atoms with Crippen LogP contribution in [0.1, 0.15) is 33.1 Å². The van der Waals surface area contributed by atoms with Gasteiger partial charge in [0.15, 0.2) is 6.61 Å². The van der Waals surface area contributed by atoms with E-state index in [0.29, 0.717) is 28.0 Å². The molecular formula is C24H23N5O3. The number of anilines is 1. The minimum Gasteiger partial charge on any atom is -0.452 e. The van der Waals surface area contributed by atoms with Gasteiger partial charge in [0, 0.05) is 0 Å². The Hall–Kier alpha value is -4.07. The molecule has 1 amide bonds. The maximum Gasteiger partial charge on any atom is 0.338 e. The first-order chi connectivity index (χ1) is 15.3. The van der Waals surface area contributed by atoms with Gasteiger partial charge in [0.25, 0.3) is 5.91 Å². The lowest BCUT2D eigenvalue weighted by atomic mass is 10.2. The summed E-state index contributed by atoms with van der Waals surface area (Å²) in [6, 6.07) is 14.6. The third kappa shape index (κ3) is 4.20. The molecule has 0 saturated carbocycles. The molecule has 0 aliphatic carbocycles. The van der Waals surface area contributed by atoms with E-state index in [1.807, 2.05) is 58.0 Å². The Morgan fingerprint density at radius 1 is 0.906 bits per heavy atom. The highest BCUT2D eigenvalue weighted by Crippen LogP contribution is 2.22. The lowest BCUT2D eigenvalue weighted by molar-refractivity contribution is -0.119. The molecule has 0 radical (unpaired) electrons. The number of amides is 1. The van der Waals surface area contributed by atoms with Crippen LogP contribution in [0.3, 0.4) is 0 Å². The Bertz CT molecular complexity index is 1330. The minimum absolute atomic E-state index is 0.312. The Kier molecular flexibility index (Phi) is 5.68.